The Bertz CT molecular complexity index is 1350. The molecular weight excluding hydrogens is 414 g/mol. The average molecular weight is 440 g/mol. The van der Waals surface area contributed by atoms with E-state index in [1.807, 2.05) is 35.1 Å². The number of para-hydroxylation sites is 2. The lowest BCUT2D eigenvalue weighted by Gasteiger charge is -2.14. The van der Waals surface area contributed by atoms with E-state index in [-0.39, 0.29) is 6.42 Å². The van der Waals surface area contributed by atoms with Crippen LogP contribution in [0.15, 0.2) is 85.2 Å². The molecule has 5 rings (SSSR count). The monoisotopic (exact) mass is 439 g/mol. The van der Waals surface area contributed by atoms with E-state index in [2.05, 4.69) is 58.2 Å². The van der Waals surface area contributed by atoms with Crippen LogP contribution in [-0.4, -0.2) is 32.0 Å². The molecule has 5 aromatic rings. The average Bonchev–Trinajstić information content (AvgIpc) is 3.45. The zero-order valence-electron chi connectivity index (χ0n) is 18.2. The van der Waals surface area contributed by atoms with Crippen molar-refractivity contribution in [2.75, 3.05) is 6.61 Å². The van der Waals surface area contributed by atoms with Crippen LogP contribution in [0, 0.1) is 0 Å². The second-order valence-electron chi connectivity index (χ2n) is 8.07. The van der Waals surface area contributed by atoms with E-state index in [4.69, 9.17) is 9.84 Å². The number of carboxylic acids is 1. The van der Waals surface area contributed by atoms with Crippen LogP contribution in [0.4, 0.5) is 0 Å². The van der Waals surface area contributed by atoms with E-state index in [1.54, 1.807) is 6.20 Å². The van der Waals surface area contributed by atoms with Crippen molar-refractivity contribution in [1.29, 1.82) is 0 Å². The van der Waals surface area contributed by atoms with Crippen LogP contribution in [-0.2, 0) is 24.3 Å². The van der Waals surface area contributed by atoms with Gasteiger partial charge in [-0.15, -0.1) is 0 Å². The fourth-order valence-electron chi connectivity index (χ4n) is 4.35. The Morgan fingerprint density at radius 1 is 0.939 bits per heavy atom. The Kier molecular flexibility index (Phi) is 5.81. The fourth-order valence-corrected chi connectivity index (χ4v) is 4.35. The van der Waals surface area contributed by atoms with Crippen LogP contribution in [0.5, 0.6) is 5.75 Å². The molecule has 0 aliphatic carbocycles. The van der Waals surface area contributed by atoms with Crippen molar-refractivity contribution in [2.45, 2.75) is 25.9 Å². The minimum atomic E-state index is -0.813. The van der Waals surface area contributed by atoms with Gasteiger partial charge in [0.15, 0.2) is 0 Å². The van der Waals surface area contributed by atoms with Gasteiger partial charge in [0.05, 0.1) is 13.1 Å². The topological polar surface area (TPSA) is 69.3 Å². The molecule has 0 radical (unpaired) electrons. The number of hydrogen-bond acceptors (Lipinski definition) is 3. The highest BCUT2D eigenvalue weighted by Gasteiger charge is 2.12. The van der Waals surface area contributed by atoms with Gasteiger partial charge in [-0.05, 0) is 41.8 Å². The van der Waals surface area contributed by atoms with Crippen molar-refractivity contribution in [3.05, 3.63) is 96.3 Å². The Balaban J connectivity index is 1.39. The summed E-state index contributed by atoms with van der Waals surface area (Å²) in [6.07, 6.45) is 4.18. The quantitative estimate of drug-likeness (QED) is 0.345. The maximum atomic E-state index is 11.1. The molecule has 6 heteroatoms. The molecule has 0 amide bonds. The van der Waals surface area contributed by atoms with Gasteiger partial charge in [-0.1, -0.05) is 48.5 Å². The molecule has 0 unspecified atom stereocenters. The molecule has 0 saturated carbocycles. The number of carbonyl (C=O) groups is 1. The molecule has 0 spiro atoms. The third-order valence-electron chi connectivity index (χ3n) is 5.90. The Labute approximate surface area is 191 Å². The first-order valence-corrected chi connectivity index (χ1v) is 11.1. The molecule has 166 valence electrons. The predicted molar refractivity (Wildman–Crippen MR) is 129 cm³/mol. The van der Waals surface area contributed by atoms with Gasteiger partial charge in [-0.2, -0.15) is 5.10 Å². The molecule has 0 fully saturated rings. The van der Waals surface area contributed by atoms with E-state index >= 15 is 0 Å². The summed E-state index contributed by atoms with van der Waals surface area (Å²) in [4.78, 5) is 11.1. The normalized spacial score (nSPS) is 11.3. The number of rotatable bonds is 9. The summed E-state index contributed by atoms with van der Waals surface area (Å²) in [5.74, 6) is -0.0754. The maximum Gasteiger partial charge on any atom is 0.303 e. The minimum absolute atomic E-state index is 0.0712. The number of aliphatic carboxylic acids is 1. The van der Waals surface area contributed by atoms with E-state index in [9.17, 15) is 4.79 Å². The van der Waals surface area contributed by atoms with Crippen LogP contribution in [0.3, 0.4) is 0 Å². The number of aromatic nitrogens is 3. The van der Waals surface area contributed by atoms with Crippen LogP contribution in [0.1, 0.15) is 17.5 Å². The van der Waals surface area contributed by atoms with Crippen molar-refractivity contribution in [3.8, 4) is 5.75 Å². The SMILES string of the molecule is O=C(O)CCc1ccc(Cn2cccn2)cc1OCCn1c2ccccc2c2ccccc21. The first-order chi connectivity index (χ1) is 16.2. The molecule has 0 aliphatic heterocycles. The maximum absolute atomic E-state index is 11.1. The lowest BCUT2D eigenvalue weighted by Crippen LogP contribution is -2.10. The van der Waals surface area contributed by atoms with Crippen molar-refractivity contribution in [1.82, 2.24) is 14.3 Å². The number of benzene rings is 3. The van der Waals surface area contributed by atoms with Gasteiger partial charge in [0.2, 0.25) is 0 Å². The molecule has 2 aromatic heterocycles. The smallest absolute Gasteiger partial charge is 0.303 e. The number of hydrogen-bond donors (Lipinski definition) is 1. The Hall–Kier alpha value is -4.06. The summed E-state index contributed by atoms with van der Waals surface area (Å²) < 4.78 is 10.4. The second kappa shape index (κ2) is 9.20. The minimum Gasteiger partial charge on any atom is -0.491 e. The molecule has 6 nitrogen and oxygen atoms in total. The van der Waals surface area contributed by atoms with Crippen LogP contribution in [0.2, 0.25) is 0 Å². The van der Waals surface area contributed by atoms with Gasteiger partial charge in [0.25, 0.3) is 0 Å². The molecule has 2 heterocycles. The highest BCUT2D eigenvalue weighted by atomic mass is 16.5. The van der Waals surface area contributed by atoms with E-state index in [1.165, 1.54) is 21.8 Å². The van der Waals surface area contributed by atoms with Crippen LogP contribution >= 0.6 is 0 Å². The first-order valence-electron chi connectivity index (χ1n) is 11.1. The molecule has 0 saturated heterocycles. The van der Waals surface area contributed by atoms with E-state index in [0.29, 0.717) is 26.1 Å². The van der Waals surface area contributed by atoms with Gasteiger partial charge in [-0.25, -0.2) is 0 Å². The number of aryl methyl sites for hydroxylation is 1. The zero-order chi connectivity index (χ0) is 22.6. The highest BCUT2D eigenvalue weighted by molar-refractivity contribution is 6.07. The largest absolute Gasteiger partial charge is 0.491 e. The van der Waals surface area contributed by atoms with Gasteiger partial charge < -0.3 is 14.4 Å². The van der Waals surface area contributed by atoms with E-state index < -0.39 is 5.97 Å². The Morgan fingerprint density at radius 3 is 2.33 bits per heavy atom. The molecule has 1 N–H and O–H groups in total. The number of fused-ring (bicyclic) bond motifs is 3. The van der Waals surface area contributed by atoms with Crippen LogP contribution in [0.25, 0.3) is 21.8 Å². The molecular formula is C27H25N3O3. The molecule has 33 heavy (non-hydrogen) atoms. The summed E-state index contributed by atoms with van der Waals surface area (Å²) >= 11 is 0. The van der Waals surface area contributed by atoms with E-state index in [0.717, 1.165) is 16.9 Å². The van der Waals surface area contributed by atoms with Crippen molar-refractivity contribution in [2.24, 2.45) is 0 Å². The predicted octanol–water partition coefficient (Wildman–Crippen LogP) is 5.14. The van der Waals surface area contributed by atoms with Gasteiger partial charge in [0.1, 0.15) is 12.4 Å². The zero-order valence-corrected chi connectivity index (χ0v) is 18.2. The van der Waals surface area contributed by atoms with Crippen molar-refractivity contribution in [3.63, 3.8) is 0 Å². The number of carboxylic acid groups (broad SMARTS) is 1. The molecule has 0 bridgehead atoms. The third-order valence-corrected chi connectivity index (χ3v) is 5.90. The van der Waals surface area contributed by atoms with Gasteiger partial charge in [-0.3, -0.25) is 9.48 Å². The lowest BCUT2D eigenvalue weighted by molar-refractivity contribution is -0.136. The number of ether oxygens (including phenoxy) is 1. The second-order valence-corrected chi connectivity index (χ2v) is 8.07. The summed E-state index contributed by atoms with van der Waals surface area (Å²) in [5, 5.41) is 15.9. The van der Waals surface area contributed by atoms with Crippen molar-refractivity contribution < 1.29 is 14.6 Å². The van der Waals surface area contributed by atoms with Crippen LogP contribution < -0.4 is 4.74 Å². The summed E-state index contributed by atoms with van der Waals surface area (Å²) in [5.41, 5.74) is 4.33. The highest BCUT2D eigenvalue weighted by Crippen LogP contribution is 2.29. The third kappa shape index (κ3) is 4.46. The molecule has 0 aliphatic rings. The molecule has 0 atom stereocenters. The summed E-state index contributed by atoms with van der Waals surface area (Å²) in [7, 11) is 0. The van der Waals surface area contributed by atoms with Crippen molar-refractivity contribution >= 4 is 27.8 Å². The molecule has 3 aromatic carbocycles. The lowest BCUT2D eigenvalue weighted by atomic mass is 10.1. The summed E-state index contributed by atoms with van der Waals surface area (Å²) in [6, 6.07) is 24.7. The fraction of sp³-hybridized carbons (Fsp3) is 0.185. The van der Waals surface area contributed by atoms with Gasteiger partial charge >= 0.3 is 5.97 Å². The van der Waals surface area contributed by atoms with Gasteiger partial charge in [0, 0.05) is 40.6 Å². The Morgan fingerprint density at radius 2 is 1.67 bits per heavy atom. The number of nitrogens with zero attached hydrogens (tertiary/aromatic N) is 3. The first kappa shape index (κ1) is 20.8. The summed E-state index contributed by atoms with van der Waals surface area (Å²) in [6.45, 7) is 1.80. The standard InChI is InChI=1S/C27H25N3O3/c31-27(32)13-12-21-11-10-20(19-29-15-5-14-28-29)18-26(21)33-17-16-30-24-8-3-1-6-22(24)23-7-2-4-9-25(23)30/h1-11,14-15,18H,12-13,16-17,19H2,(H,31,32).